The van der Waals surface area contributed by atoms with Crippen molar-refractivity contribution in [1.29, 1.82) is 0 Å². The van der Waals surface area contributed by atoms with Crippen LogP contribution >= 0.6 is 27.7 Å². The summed E-state index contributed by atoms with van der Waals surface area (Å²) >= 11 is 4.41. The van der Waals surface area contributed by atoms with E-state index in [1.54, 1.807) is 19.3 Å². The van der Waals surface area contributed by atoms with E-state index < -0.39 is 0 Å². The van der Waals surface area contributed by atoms with Crippen LogP contribution in [0.2, 0.25) is 0 Å². The first kappa shape index (κ1) is 20.5. The quantitative estimate of drug-likeness (QED) is 0.538. The van der Waals surface area contributed by atoms with Gasteiger partial charge in [-0.25, -0.2) is 0 Å². The lowest BCUT2D eigenvalue weighted by molar-refractivity contribution is -0.123. The van der Waals surface area contributed by atoms with Crippen molar-refractivity contribution < 1.29 is 19.1 Å². The average Bonchev–Trinajstić information content (AvgIpc) is 2.89. The molecule has 0 radical (unpaired) electrons. The lowest BCUT2D eigenvalue weighted by Gasteiger charge is -2.13. The molecule has 2 amide bonds. The number of halogens is 1. The van der Waals surface area contributed by atoms with Gasteiger partial charge in [0.2, 0.25) is 0 Å². The second kappa shape index (κ2) is 8.84. The Balaban J connectivity index is 1.87. The number of ether oxygens (including phenoxy) is 2. The van der Waals surface area contributed by atoms with Crippen LogP contribution in [-0.2, 0) is 11.3 Å². The van der Waals surface area contributed by atoms with Gasteiger partial charge in [-0.2, -0.15) is 0 Å². The molecule has 1 aliphatic rings. The van der Waals surface area contributed by atoms with Crippen molar-refractivity contribution in [3.63, 3.8) is 0 Å². The molecule has 1 saturated heterocycles. The molecule has 0 unspecified atom stereocenters. The predicted molar refractivity (Wildman–Crippen MR) is 115 cm³/mol. The second-order valence-corrected chi connectivity index (χ2v) is 8.07. The van der Waals surface area contributed by atoms with E-state index in [1.165, 1.54) is 4.90 Å². The number of amides is 2. The first-order valence-electron chi connectivity index (χ1n) is 8.74. The molecular formula is C21H20BrNO4S. The Morgan fingerprint density at radius 3 is 2.68 bits per heavy atom. The van der Waals surface area contributed by atoms with Gasteiger partial charge in [0.05, 0.1) is 29.6 Å². The lowest BCUT2D eigenvalue weighted by Crippen LogP contribution is -2.27. The molecule has 146 valence electrons. The van der Waals surface area contributed by atoms with Gasteiger partial charge in [-0.3, -0.25) is 14.5 Å². The zero-order chi connectivity index (χ0) is 20.3. The van der Waals surface area contributed by atoms with Gasteiger partial charge in [0.1, 0.15) is 0 Å². The molecule has 0 saturated carbocycles. The Kier molecular flexibility index (Phi) is 6.46. The number of carbonyl (C=O) groups is 2. The number of thioether (sulfide) groups is 1. The number of rotatable bonds is 6. The number of methoxy groups -OCH3 is 1. The highest BCUT2D eigenvalue weighted by molar-refractivity contribution is 9.10. The van der Waals surface area contributed by atoms with Crippen LogP contribution in [0.3, 0.4) is 0 Å². The van der Waals surface area contributed by atoms with Crippen molar-refractivity contribution in [3.8, 4) is 11.5 Å². The maximum absolute atomic E-state index is 12.8. The van der Waals surface area contributed by atoms with E-state index in [-0.39, 0.29) is 17.7 Å². The largest absolute Gasteiger partial charge is 0.492 e. The van der Waals surface area contributed by atoms with Crippen molar-refractivity contribution in [2.24, 2.45) is 0 Å². The third kappa shape index (κ3) is 4.42. The molecule has 1 aliphatic heterocycles. The van der Waals surface area contributed by atoms with Crippen LogP contribution < -0.4 is 9.47 Å². The fraction of sp³-hybridized carbons (Fsp3) is 0.238. The minimum atomic E-state index is -0.290. The molecule has 0 N–H and O–H groups in total. The monoisotopic (exact) mass is 461 g/mol. The molecule has 0 aliphatic carbocycles. The SMILES string of the molecule is CCOc1cc(/C=C2/SC(=O)N(Cc3cccc(C)c3)C2=O)cc(Br)c1OC. The number of imide groups is 1. The summed E-state index contributed by atoms with van der Waals surface area (Å²) in [5.41, 5.74) is 2.76. The Morgan fingerprint density at radius 2 is 2.00 bits per heavy atom. The van der Waals surface area contributed by atoms with E-state index in [0.717, 1.165) is 28.5 Å². The third-order valence-electron chi connectivity index (χ3n) is 4.13. The Hall–Kier alpha value is -2.25. The van der Waals surface area contributed by atoms with Crippen molar-refractivity contribution in [2.45, 2.75) is 20.4 Å². The molecule has 1 heterocycles. The van der Waals surface area contributed by atoms with Crippen LogP contribution in [0.15, 0.2) is 45.8 Å². The number of hydrogen-bond donors (Lipinski definition) is 0. The standard InChI is InChI=1S/C21H20BrNO4S/c1-4-27-17-10-15(9-16(22)19(17)26-3)11-18-20(24)23(21(25)28-18)12-14-7-5-6-13(2)8-14/h5-11H,4,12H2,1-3H3/b18-11+. The third-order valence-corrected chi connectivity index (χ3v) is 5.63. The van der Waals surface area contributed by atoms with Gasteiger partial charge in [0.25, 0.3) is 11.1 Å². The summed E-state index contributed by atoms with van der Waals surface area (Å²) in [6.45, 7) is 4.62. The zero-order valence-electron chi connectivity index (χ0n) is 15.8. The molecule has 0 spiro atoms. The van der Waals surface area contributed by atoms with E-state index in [0.29, 0.717) is 27.5 Å². The van der Waals surface area contributed by atoms with Crippen LogP contribution in [-0.4, -0.2) is 29.8 Å². The van der Waals surface area contributed by atoms with Crippen molar-refractivity contribution >= 4 is 44.9 Å². The number of aryl methyl sites for hydroxylation is 1. The highest BCUT2D eigenvalue weighted by atomic mass is 79.9. The van der Waals surface area contributed by atoms with E-state index in [2.05, 4.69) is 15.9 Å². The number of benzene rings is 2. The maximum atomic E-state index is 12.8. The van der Waals surface area contributed by atoms with Gasteiger partial charge in [0.15, 0.2) is 11.5 Å². The second-order valence-electron chi connectivity index (χ2n) is 6.22. The minimum Gasteiger partial charge on any atom is -0.492 e. The number of nitrogens with zero attached hydrogens (tertiary/aromatic N) is 1. The molecule has 28 heavy (non-hydrogen) atoms. The minimum absolute atomic E-state index is 0.264. The molecule has 7 heteroatoms. The van der Waals surface area contributed by atoms with Crippen LogP contribution in [0.1, 0.15) is 23.6 Å². The fourth-order valence-corrected chi connectivity index (χ4v) is 4.37. The molecule has 0 bridgehead atoms. The summed E-state index contributed by atoms with van der Waals surface area (Å²) in [4.78, 5) is 26.8. The van der Waals surface area contributed by atoms with Gasteiger partial charge in [-0.15, -0.1) is 0 Å². The summed E-state index contributed by atoms with van der Waals surface area (Å²) in [6.07, 6.45) is 1.70. The van der Waals surface area contributed by atoms with Crippen molar-refractivity contribution in [2.75, 3.05) is 13.7 Å². The Bertz CT molecular complexity index is 957. The van der Waals surface area contributed by atoms with Gasteiger partial charge in [0, 0.05) is 0 Å². The summed E-state index contributed by atoms with van der Waals surface area (Å²) < 4.78 is 11.7. The van der Waals surface area contributed by atoms with E-state index in [4.69, 9.17) is 9.47 Å². The van der Waals surface area contributed by atoms with Crippen LogP contribution in [0.25, 0.3) is 6.08 Å². The van der Waals surface area contributed by atoms with Gasteiger partial charge < -0.3 is 9.47 Å². The Morgan fingerprint density at radius 1 is 1.21 bits per heavy atom. The number of hydrogen-bond acceptors (Lipinski definition) is 5. The molecular weight excluding hydrogens is 442 g/mol. The summed E-state index contributed by atoms with van der Waals surface area (Å²) in [6, 6.07) is 11.4. The summed E-state index contributed by atoms with van der Waals surface area (Å²) in [7, 11) is 1.57. The molecule has 0 atom stereocenters. The first-order valence-corrected chi connectivity index (χ1v) is 10.3. The normalized spacial score (nSPS) is 15.4. The summed E-state index contributed by atoms with van der Waals surface area (Å²) in [5.74, 6) is 0.873. The van der Waals surface area contributed by atoms with Gasteiger partial charge in [-0.1, -0.05) is 29.8 Å². The van der Waals surface area contributed by atoms with E-state index >= 15 is 0 Å². The van der Waals surface area contributed by atoms with Crippen molar-refractivity contribution in [3.05, 3.63) is 62.5 Å². The summed E-state index contributed by atoms with van der Waals surface area (Å²) in [5, 5.41) is -0.268. The van der Waals surface area contributed by atoms with E-state index in [1.807, 2.05) is 44.2 Å². The highest BCUT2D eigenvalue weighted by Crippen LogP contribution is 2.39. The highest BCUT2D eigenvalue weighted by Gasteiger charge is 2.35. The fourth-order valence-electron chi connectivity index (χ4n) is 2.91. The molecule has 2 aromatic carbocycles. The van der Waals surface area contributed by atoms with Crippen LogP contribution in [0.5, 0.6) is 11.5 Å². The van der Waals surface area contributed by atoms with Crippen LogP contribution in [0.4, 0.5) is 4.79 Å². The van der Waals surface area contributed by atoms with Gasteiger partial charge in [-0.05, 0) is 70.9 Å². The number of carbonyl (C=O) groups excluding carboxylic acids is 2. The molecule has 3 rings (SSSR count). The lowest BCUT2D eigenvalue weighted by atomic mass is 10.1. The molecule has 2 aromatic rings. The maximum Gasteiger partial charge on any atom is 0.293 e. The predicted octanol–water partition coefficient (Wildman–Crippen LogP) is 5.40. The topological polar surface area (TPSA) is 55.8 Å². The smallest absolute Gasteiger partial charge is 0.293 e. The first-order chi connectivity index (χ1) is 13.4. The van der Waals surface area contributed by atoms with Crippen LogP contribution in [0, 0.1) is 6.92 Å². The molecule has 5 nitrogen and oxygen atoms in total. The average molecular weight is 462 g/mol. The molecule has 0 aromatic heterocycles. The zero-order valence-corrected chi connectivity index (χ0v) is 18.2. The Labute approximate surface area is 176 Å². The van der Waals surface area contributed by atoms with E-state index in [9.17, 15) is 9.59 Å². The molecule has 1 fully saturated rings. The van der Waals surface area contributed by atoms with Gasteiger partial charge >= 0.3 is 0 Å². The van der Waals surface area contributed by atoms with Crippen molar-refractivity contribution in [1.82, 2.24) is 4.90 Å².